The second-order valence-corrected chi connectivity index (χ2v) is 38.2. The Hall–Kier alpha value is -14.5. The molecular weight excluding hydrogens is 1810 g/mol. The number of aryl methyl sites for hydroxylation is 3. The molecule has 0 bridgehead atoms. The zero-order valence-corrected chi connectivity index (χ0v) is 77.0. The van der Waals surface area contributed by atoms with Gasteiger partial charge in [0.25, 0.3) is 0 Å². The van der Waals surface area contributed by atoms with E-state index in [0.29, 0.717) is 7.61 Å². The zero-order valence-electron chi connectivity index (χ0n) is 71.8. The van der Waals surface area contributed by atoms with Crippen LogP contribution >= 0.6 is 27.9 Å². The molecular formula is C116H88IrN9P2S-. The molecule has 24 rings (SSSR count). The van der Waals surface area contributed by atoms with E-state index in [1.54, 1.807) is 0 Å². The molecule has 0 aliphatic heterocycles. The Balaban J connectivity index is 0.000000111. The summed E-state index contributed by atoms with van der Waals surface area (Å²) in [5, 5.41) is 19.1. The van der Waals surface area contributed by atoms with Crippen LogP contribution in [0.25, 0.3) is 198 Å². The van der Waals surface area contributed by atoms with E-state index in [-0.39, 0.29) is 20.1 Å². The van der Waals surface area contributed by atoms with E-state index in [4.69, 9.17) is 4.98 Å². The van der Waals surface area contributed by atoms with Crippen LogP contribution in [0.1, 0.15) is 16.7 Å². The molecule has 9 nitrogen and oxygen atoms in total. The van der Waals surface area contributed by atoms with Crippen molar-refractivity contribution in [3.05, 3.63) is 454 Å². The molecule has 0 aliphatic carbocycles. The molecule has 0 spiro atoms. The van der Waals surface area contributed by atoms with Gasteiger partial charge < -0.3 is 13.7 Å². The predicted octanol–water partition coefficient (Wildman–Crippen LogP) is 31.2. The minimum Gasteiger partial charge on any atom is -0.316 e. The largest absolute Gasteiger partial charge is 0.316 e. The van der Waals surface area contributed by atoms with Gasteiger partial charge in [-0.2, -0.15) is 5.10 Å². The smallest absolute Gasteiger partial charge is 0.159 e. The third-order valence-electron chi connectivity index (χ3n) is 23.6. The molecule has 0 saturated heterocycles. The van der Waals surface area contributed by atoms with Crippen molar-refractivity contribution >= 4 is 124 Å². The van der Waals surface area contributed by atoms with E-state index < -0.39 is 0 Å². The minimum atomic E-state index is 0. The molecule has 13 heteroatoms. The SMILES string of the molecule is CP(C)P.Cc1ccccc1-c1nnc(-c2[c-]cccc2)n1-c1c(C)cccc1C.[Ir].c1ccc(-c2ccnc3c2ccc2c(-c4ccccc4)ccnc23)cc1.c1ccc(-n2c(-c3cccc(-c4cccc5c4sc4ccccc45)c3)nc3ccccc32)cc1.c1ccc(-n2c3ccccc3c3cc(-c4ccc5c(c4)c4ccccc4n5-c4ccccc4)ccc32)cc1. The van der Waals surface area contributed by atoms with Gasteiger partial charge in [0.05, 0.1) is 50.0 Å². The normalized spacial score (nSPS) is 11.2. The van der Waals surface area contributed by atoms with Crippen LogP contribution in [0.15, 0.2) is 431 Å². The second kappa shape index (κ2) is 37.6. The Bertz CT molecular complexity index is 7880. The van der Waals surface area contributed by atoms with Crippen molar-refractivity contribution in [2.24, 2.45) is 0 Å². The van der Waals surface area contributed by atoms with E-state index in [0.717, 1.165) is 78.4 Å². The third-order valence-corrected chi connectivity index (χ3v) is 24.8. The van der Waals surface area contributed by atoms with Crippen LogP contribution in [0, 0.1) is 26.8 Å². The standard InChI is InChI=1S/C36H24N2.C31H20N2S.C24H16N2.C23H20N3.C2H8P2.Ir/c1-3-11-27(12-4-1)37-33-17-9-7-15-29(33)31-23-25(19-21-35(31)37)26-20-22-36-32(24-26)30-16-8-10-18-34(30)38(36)28-13-5-2-6-14-28;1-2-12-23(13-3-1)33-28-18-6-5-17-27(28)32-31(33)22-11-8-10-21(20-22)24-15-9-16-26-25-14-4-7-19-29(25)34-30(24)26;1-3-7-17(8-4-1)19-13-15-25-23-21(19)11-12-22-20(14-16-26-24(22)23)18-9-5-2-6-10-18;1-16-10-7-8-15-20(16)23-25-24-22(19-13-5-4-6-14-19)26(23)21-17(2)11-9-12-18(21)3;1-4(2)3;/h1-24H;1-20H;1-16H;4-13,15H,1-3H3;3H2,1-2H3;/q;;;-1;;. The maximum atomic E-state index is 5.06. The summed E-state index contributed by atoms with van der Waals surface area (Å²) in [6, 6.07) is 151. The van der Waals surface area contributed by atoms with E-state index in [1.807, 2.05) is 78.3 Å². The molecule has 1 unspecified atom stereocenters. The number of imidazole rings is 1. The fourth-order valence-electron chi connectivity index (χ4n) is 17.8. The van der Waals surface area contributed by atoms with Crippen molar-refractivity contribution in [1.82, 2.24) is 43.4 Å². The number of para-hydroxylation sites is 8. The van der Waals surface area contributed by atoms with Gasteiger partial charge in [-0.05, 0) is 204 Å². The first-order valence-corrected chi connectivity index (χ1v) is 47.7. The summed E-state index contributed by atoms with van der Waals surface area (Å²) in [5.74, 6) is 2.62. The van der Waals surface area contributed by atoms with Gasteiger partial charge in [0, 0.05) is 119 Å². The summed E-state index contributed by atoms with van der Waals surface area (Å²) >= 11 is 1.87. The predicted molar refractivity (Wildman–Crippen MR) is 547 cm³/mol. The van der Waals surface area contributed by atoms with Gasteiger partial charge in [0.2, 0.25) is 0 Å². The fraction of sp³-hybridized carbons (Fsp3) is 0.0431. The number of aromatic nitrogens is 9. The molecule has 0 amide bonds. The Morgan fingerprint density at radius 3 is 1.28 bits per heavy atom. The molecule has 1 radical (unpaired) electrons. The van der Waals surface area contributed by atoms with Gasteiger partial charge >= 0.3 is 0 Å². The number of rotatable bonds is 11. The van der Waals surface area contributed by atoms with Crippen molar-refractivity contribution in [2.45, 2.75) is 20.8 Å². The van der Waals surface area contributed by atoms with Crippen LogP contribution in [0.4, 0.5) is 0 Å². The molecule has 0 aliphatic rings. The van der Waals surface area contributed by atoms with Gasteiger partial charge in [-0.25, -0.2) is 4.98 Å². The summed E-state index contributed by atoms with van der Waals surface area (Å²) in [5.41, 5.74) is 29.9. The van der Waals surface area contributed by atoms with Crippen molar-refractivity contribution in [2.75, 3.05) is 13.3 Å². The number of benzene rings is 17. The van der Waals surface area contributed by atoms with Crippen molar-refractivity contribution in [3.8, 4) is 101 Å². The van der Waals surface area contributed by atoms with E-state index in [9.17, 15) is 0 Å². The van der Waals surface area contributed by atoms with E-state index in [2.05, 4.69) is 452 Å². The third kappa shape index (κ3) is 16.7. The van der Waals surface area contributed by atoms with Gasteiger partial charge in [0.15, 0.2) is 5.82 Å². The fourth-order valence-corrected chi connectivity index (χ4v) is 19.0. The van der Waals surface area contributed by atoms with Crippen molar-refractivity contribution in [1.29, 1.82) is 0 Å². The first-order valence-electron chi connectivity index (χ1n) is 43.0. The summed E-state index contributed by atoms with van der Waals surface area (Å²) in [6.45, 7) is 10.7. The Kier molecular flexibility index (Phi) is 24.5. The molecule has 0 N–H and O–H groups in total. The molecule has 7 aromatic heterocycles. The number of fused-ring (bicyclic) bond motifs is 13. The minimum absolute atomic E-state index is 0. The number of nitrogens with zero attached hydrogens (tertiary/aromatic N) is 9. The Morgan fingerprint density at radius 2 is 0.721 bits per heavy atom. The first kappa shape index (κ1) is 84.0. The van der Waals surface area contributed by atoms with Crippen LogP contribution in [-0.2, 0) is 20.1 Å². The van der Waals surface area contributed by atoms with Crippen LogP contribution in [-0.4, -0.2) is 56.7 Å². The first-order chi connectivity index (χ1) is 63.0. The van der Waals surface area contributed by atoms with Crippen LogP contribution < -0.4 is 0 Å². The maximum absolute atomic E-state index is 5.06. The van der Waals surface area contributed by atoms with Crippen molar-refractivity contribution < 1.29 is 20.1 Å². The molecule has 7 heterocycles. The van der Waals surface area contributed by atoms with Crippen LogP contribution in [0.5, 0.6) is 0 Å². The molecule has 24 aromatic rings. The maximum Gasteiger partial charge on any atom is 0.159 e. The summed E-state index contributed by atoms with van der Waals surface area (Å²) < 4.78 is 11.8. The topological polar surface area (TPSA) is 84.2 Å². The van der Waals surface area contributed by atoms with Gasteiger partial charge in [-0.3, -0.25) is 14.5 Å². The molecule has 129 heavy (non-hydrogen) atoms. The number of hydrogen-bond donors (Lipinski definition) is 0. The van der Waals surface area contributed by atoms with Crippen molar-refractivity contribution in [3.63, 3.8) is 0 Å². The van der Waals surface area contributed by atoms with E-state index in [1.165, 1.54) is 136 Å². The summed E-state index contributed by atoms with van der Waals surface area (Å²) in [7, 11) is 3.02. The zero-order chi connectivity index (χ0) is 86.6. The molecule has 623 valence electrons. The molecule has 17 aromatic carbocycles. The Morgan fingerprint density at radius 1 is 0.295 bits per heavy atom. The number of pyridine rings is 2. The monoisotopic (exact) mass is 1890 g/mol. The Labute approximate surface area is 771 Å². The van der Waals surface area contributed by atoms with Crippen LogP contribution in [0.3, 0.4) is 0 Å². The molecule has 0 saturated carbocycles. The quantitative estimate of drug-likeness (QED) is 0.0732. The average molecular weight is 1890 g/mol. The summed E-state index contributed by atoms with van der Waals surface area (Å²) in [4.78, 5) is 14.4. The molecule has 0 fully saturated rings. The number of hydrogen-bond acceptors (Lipinski definition) is 6. The average Bonchev–Trinajstić information content (AvgIpc) is 1.49. The van der Waals surface area contributed by atoms with E-state index >= 15 is 0 Å². The van der Waals surface area contributed by atoms with Gasteiger partial charge in [-0.15, -0.1) is 61.3 Å². The second-order valence-electron chi connectivity index (χ2n) is 32.1. The summed E-state index contributed by atoms with van der Waals surface area (Å²) in [6.07, 6.45) is 3.75. The van der Waals surface area contributed by atoms with Gasteiger partial charge in [-0.1, -0.05) is 293 Å². The van der Waals surface area contributed by atoms with Crippen LogP contribution in [0.2, 0.25) is 0 Å². The molecule has 1 atom stereocenters. The van der Waals surface area contributed by atoms with Gasteiger partial charge in [0.1, 0.15) is 5.82 Å². The number of thiophene rings is 1.